The summed E-state index contributed by atoms with van der Waals surface area (Å²) in [5.41, 5.74) is 1.04. The molecule has 0 saturated carbocycles. The van der Waals surface area contributed by atoms with E-state index in [1.807, 2.05) is 19.0 Å². The van der Waals surface area contributed by atoms with Gasteiger partial charge in [0.1, 0.15) is 10.6 Å². The minimum atomic E-state index is -3.82. The Labute approximate surface area is 194 Å². The van der Waals surface area contributed by atoms with E-state index in [2.05, 4.69) is 4.98 Å². The average molecular weight is 487 g/mol. The van der Waals surface area contributed by atoms with Crippen molar-refractivity contribution in [2.45, 2.75) is 30.7 Å². The van der Waals surface area contributed by atoms with Gasteiger partial charge in [0.15, 0.2) is 0 Å². The molecule has 1 aliphatic heterocycles. The van der Waals surface area contributed by atoms with Crippen LogP contribution in [0.3, 0.4) is 0 Å². The summed E-state index contributed by atoms with van der Waals surface area (Å²) in [5, 5.41) is 0.799. The van der Waals surface area contributed by atoms with Crippen LogP contribution in [0.2, 0.25) is 10.0 Å². The number of carbonyl (C=O) groups is 1. The number of rotatable bonds is 9. The Bertz CT molecular complexity index is 1020. The minimum Gasteiger partial charge on any atom is -0.356 e. The average Bonchev–Trinajstić information content (AvgIpc) is 3.41. The van der Waals surface area contributed by atoms with E-state index >= 15 is 0 Å². The minimum absolute atomic E-state index is 0.0833. The fourth-order valence-electron chi connectivity index (χ4n) is 3.58. The molecule has 3 rings (SSSR count). The molecule has 1 fully saturated rings. The molecule has 2 heterocycles. The van der Waals surface area contributed by atoms with Crippen LogP contribution in [-0.4, -0.2) is 73.7 Å². The molecule has 1 aliphatic rings. The van der Waals surface area contributed by atoms with Gasteiger partial charge in [-0.3, -0.25) is 4.79 Å². The SMILES string of the molecule is CN(C)CCCN(Cc1ccc(Cl)c(Cl)c1)S(=O)(=O)c1c[nH]c(C(=O)N2CCCC2)c1. The van der Waals surface area contributed by atoms with Crippen LogP contribution in [0.5, 0.6) is 0 Å². The molecule has 1 aromatic heterocycles. The van der Waals surface area contributed by atoms with Crippen molar-refractivity contribution in [3.63, 3.8) is 0 Å². The number of nitrogens with zero attached hydrogens (tertiary/aromatic N) is 3. The Hall–Kier alpha value is -1.58. The lowest BCUT2D eigenvalue weighted by Crippen LogP contribution is -2.33. The second-order valence-electron chi connectivity index (χ2n) is 7.99. The van der Waals surface area contributed by atoms with E-state index in [-0.39, 0.29) is 17.3 Å². The molecule has 2 aromatic rings. The van der Waals surface area contributed by atoms with E-state index in [4.69, 9.17) is 23.2 Å². The predicted molar refractivity (Wildman–Crippen MR) is 123 cm³/mol. The molecule has 0 radical (unpaired) electrons. The van der Waals surface area contributed by atoms with Crippen molar-refractivity contribution in [2.75, 3.05) is 40.3 Å². The highest BCUT2D eigenvalue weighted by molar-refractivity contribution is 7.89. The Morgan fingerprint density at radius 1 is 1.10 bits per heavy atom. The van der Waals surface area contributed by atoms with Gasteiger partial charge in [0.2, 0.25) is 10.0 Å². The number of halogens is 2. The number of likely N-dealkylation sites (tertiary alicyclic amines) is 1. The number of aromatic nitrogens is 1. The van der Waals surface area contributed by atoms with Crippen LogP contribution < -0.4 is 0 Å². The van der Waals surface area contributed by atoms with E-state index in [0.717, 1.165) is 24.9 Å². The topological polar surface area (TPSA) is 76.7 Å². The summed E-state index contributed by atoms with van der Waals surface area (Å²) in [6.07, 6.45) is 4.01. The first-order valence-electron chi connectivity index (χ1n) is 10.2. The molecule has 0 spiro atoms. The molecule has 1 saturated heterocycles. The zero-order chi connectivity index (χ0) is 22.6. The summed E-state index contributed by atoms with van der Waals surface area (Å²) in [7, 11) is 0.0697. The van der Waals surface area contributed by atoms with Crippen molar-refractivity contribution < 1.29 is 13.2 Å². The van der Waals surface area contributed by atoms with E-state index in [1.165, 1.54) is 16.6 Å². The van der Waals surface area contributed by atoms with Crippen LogP contribution in [0.25, 0.3) is 0 Å². The van der Waals surface area contributed by atoms with Gasteiger partial charge in [-0.05, 0) is 63.7 Å². The molecule has 170 valence electrons. The molecule has 0 bridgehead atoms. The van der Waals surface area contributed by atoms with Gasteiger partial charge in [0.25, 0.3) is 5.91 Å². The molecule has 0 atom stereocenters. The molecular weight excluding hydrogens is 459 g/mol. The lowest BCUT2D eigenvalue weighted by Gasteiger charge is -2.23. The highest BCUT2D eigenvalue weighted by atomic mass is 35.5. The van der Waals surface area contributed by atoms with E-state index in [0.29, 0.717) is 41.8 Å². The number of H-pyrrole nitrogens is 1. The summed E-state index contributed by atoms with van der Waals surface area (Å²) < 4.78 is 28.3. The number of amides is 1. The Kier molecular flexibility index (Phi) is 8.04. The quantitative estimate of drug-likeness (QED) is 0.585. The lowest BCUT2D eigenvalue weighted by molar-refractivity contribution is 0.0787. The van der Waals surface area contributed by atoms with Gasteiger partial charge in [0.05, 0.1) is 10.0 Å². The number of sulfonamides is 1. The summed E-state index contributed by atoms with van der Waals surface area (Å²) >= 11 is 12.1. The maximum Gasteiger partial charge on any atom is 0.270 e. The first-order valence-corrected chi connectivity index (χ1v) is 12.4. The first-order chi connectivity index (χ1) is 14.7. The summed E-state index contributed by atoms with van der Waals surface area (Å²) in [6, 6.07) is 6.54. The number of carbonyl (C=O) groups excluding carboxylic acids is 1. The van der Waals surface area contributed by atoms with Gasteiger partial charge < -0.3 is 14.8 Å². The van der Waals surface area contributed by atoms with E-state index < -0.39 is 10.0 Å². The second-order valence-corrected chi connectivity index (χ2v) is 10.7. The maximum atomic E-state index is 13.4. The number of nitrogens with one attached hydrogen (secondary N) is 1. The fraction of sp³-hybridized carbons (Fsp3) is 0.476. The van der Waals surface area contributed by atoms with Crippen molar-refractivity contribution in [3.05, 3.63) is 51.8 Å². The van der Waals surface area contributed by atoms with Crippen LogP contribution in [0.4, 0.5) is 0 Å². The van der Waals surface area contributed by atoms with Crippen LogP contribution in [0, 0.1) is 0 Å². The lowest BCUT2D eigenvalue weighted by atomic mass is 10.2. The van der Waals surface area contributed by atoms with Gasteiger partial charge in [-0.2, -0.15) is 4.31 Å². The number of benzene rings is 1. The highest BCUT2D eigenvalue weighted by Gasteiger charge is 2.28. The smallest absolute Gasteiger partial charge is 0.270 e. The molecule has 1 aromatic carbocycles. The van der Waals surface area contributed by atoms with E-state index in [1.54, 1.807) is 23.1 Å². The van der Waals surface area contributed by atoms with Gasteiger partial charge in [0, 0.05) is 32.4 Å². The van der Waals surface area contributed by atoms with Crippen molar-refractivity contribution in [1.82, 2.24) is 19.1 Å². The van der Waals surface area contributed by atoms with Gasteiger partial charge >= 0.3 is 0 Å². The second kappa shape index (κ2) is 10.4. The molecule has 1 N–H and O–H groups in total. The Morgan fingerprint density at radius 3 is 2.45 bits per heavy atom. The third kappa shape index (κ3) is 6.02. The summed E-state index contributed by atoms with van der Waals surface area (Å²) in [5.74, 6) is -0.164. The standard InChI is InChI=1S/C21H28Cl2N4O3S/c1-25(2)8-5-11-27(15-16-6-7-18(22)19(23)12-16)31(29,30)17-13-20(24-14-17)21(28)26-9-3-4-10-26/h6-7,12-14,24H,3-5,8-11,15H2,1-2H3. The maximum absolute atomic E-state index is 13.4. The van der Waals surface area contributed by atoms with Gasteiger partial charge in [-0.25, -0.2) is 8.42 Å². The molecule has 0 unspecified atom stereocenters. The van der Waals surface area contributed by atoms with Crippen LogP contribution in [0.1, 0.15) is 35.3 Å². The first kappa shape index (κ1) is 24.1. The molecular formula is C21H28Cl2N4O3S. The highest BCUT2D eigenvalue weighted by Crippen LogP contribution is 2.26. The summed E-state index contributed by atoms with van der Waals surface area (Å²) in [6.45, 7) is 2.65. The largest absolute Gasteiger partial charge is 0.356 e. The molecule has 0 aliphatic carbocycles. The van der Waals surface area contributed by atoms with Crippen molar-refractivity contribution in [3.8, 4) is 0 Å². The number of aromatic amines is 1. The number of hydrogen-bond donors (Lipinski definition) is 1. The third-order valence-electron chi connectivity index (χ3n) is 5.27. The monoisotopic (exact) mass is 486 g/mol. The summed E-state index contributed by atoms with van der Waals surface area (Å²) in [4.78, 5) is 19.3. The molecule has 10 heteroatoms. The van der Waals surface area contributed by atoms with E-state index in [9.17, 15) is 13.2 Å². The Balaban J connectivity index is 1.83. The van der Waals surface area contributed by atoms with Gasteiger partial charge in [-0.15, -0.1) is 0 Å². The van der Waals surface area contributed by atoms with Crippen LogP contribution in [0.15, 0.2) is 35.4 Å². The predicted octanol–water partition coefficient (Wildman–Crippen LogP) is 3.70. The molecule has 1 amide bonds. The zero-order valence-electron chi connectivity index (χ0n) is 17.8. The van der Waals surface area contributed by atoms with Crippen molar-refractivity contribution in [1.29, 1.82) is 0 Å². The third-order valence-corrected chi connectivity index (χ3v) is 7.84. The van der Waals surface area contributed by atoms with Gasteiger partial charge in [-0.1, -0.05) is 29.3 Å². The Morgan fingerprint density at radius 2 is 1.81 bits per heavy atom. The zero-order valence-corrected chi connectivity index (χ0v) is 20.1. The van der Waals surface area contributed by atoms with Crippen molar-refractivity contribution in [2.24, 2.45) is 0 Å². The molecule has 31 heavy (non-hydrogen) atoms. The molecule has 7 nitrogen and oxygen atoms in total. The van der Waals surface area contributed by atoms with Crippen molar-refractivity contribution >= 4 is 39.1 Å². The number of hydrogen-bond acceptors (Lipinski definition) is 4. The normalized spacial score (nSPS) is 14.7. The van der Waals surface area contributed by atoms with Crippen LogP contribution >= 0.6 is 23.2 Å². The van der Waals surface area contributed by atoms with Crippen LogP contribution in [-0.2, 0) is 16.6 Å². The fourth-order valence-corrected chi connectivity index (χ4v) is 5.36.